The molecule has 1 aromatic heterocycles. The maximum absolute atomic E-state index is 12.1. The second-order valence-electron chi connectivity index (χ2n) is 5.23. The number of aliphatic hydroxyl groups is 1. The summed E-state index contributed by atoms with van der Waals surface area (Å²) < 4.78 is 0. The first kappa shape index (κ1) is 13.8. The van der Waals surface area contributed by atoms with Gasteiger partial charge in [0.25, 0.3) is 5.91 Å². The lowest BCUT2D eigenvalue weighted by molar-refractivity contribution is 0.0717. The van der Waals surface area contributed by atoms with E-state index in [-0.39, 0.29) is 11.9 Å². The van der Waals surface area contributed by atoms with Gasteiger partial charge in [0.1, 0.15) is 5.82 Å². The summed E-state index contributed by atoms with van der Waals surface area (Å²) in [5, 5.41) is 12.7. The van der Waals surface area contributed by atoms with Crippen LogP contribution in [0, 0.1) is 0 Å². The highest BCUT2D eigenvalue weighted by Gasteiger charge is 2.24. The second-order valence-corrected chi connectivity index (χ2v) is 5.23. The third kappa shape index (κ3) is 3.44. The average molecular weight is 263 g/mol. The molecule has 0 radical (unpaired) electrons. The molecule has 0 spiro atoms. The van der Waals surface area contributed by atoms with E-state index in [2.05, 4.69) is 10.3 Å². The number of amides is 1. The molecule has 2 atom stereocenters. The molecule has 1 aliphatic carbocycles. The summed E-state index contributed by atoms with van der Waals surface area (Å²) in [6, 6.07) is 3.44. The maximum atomic E-state index is 12.1. The largest absolute Gasteiger partial charge is 0.391 e. The van der Waals surface area contributed by atoms with E-state index < -0.39 is 6.10 Å². The lowest BCUT2D eigenvalue weighted by Gasteiger charge is -2.28. The molecule has 1 saturated carbocycles. The van der Waals surface area contributed by atoms with E-state index in [1.54, 1.807) is 12.3 Å². The van der Waals surface area contributed by atoms with E-state index in [4.69, 9.17) is 0 Å². The van der Waals surface area contributed by atoms with Gasteiger partial charge in [-0.1, -0.05) is 12.8 Å². The second kappa shape index (κ2) is 6.02. The van der Waals surface area contributed by atoms with Gasteiger partial charge in [-0.25, -0.2) is 4.98 Å². The van der Waals surface area contributed by atoms with Gasteiger partial charge in [0.2, 0.25) is 0 Å². The number of nitrogens with zero attached hydrogens (tertiary/aromatic N) is 2. The third-order valence-electron chi connectivity index (χ3n) is 3.51. The number of rotatable bonds is 3. The molecule has 104 valence electrons. The third-order valence-corrected chi connectivity index (χ3v) is 3.51. The molecule has 0 aromatic carbocycles. The Hall–Kier alpha value is -1.62. The van der Waals surface area contributed by atoms with E-state index in [0.29, 0.717) is 5.56 Å². The highest BCUT2D eigenvalue weighted by molar-refractivity contribution is 5.94. The van der Waals surface area contributed by atoms with Gasteiger partial charge in [0, 0.05) is 20.3 Å². The van der Waals surface area contributed by atoms with Crippen molar-refractivity contribution in [1.82, 2.24) is 10.3 Å². The first-order valence-corrected chi connectivity index (χ1v) is 6.70. The van der Waals surface area contributed by atoms with Crippen LogP contribution in [0.25, 0.3) is 0 Å². The van der Waals surface area contributed by atoms with Crippen LogP contribution < -0.4 is 10.2 Å². The van der Waals surface area contributed by atoms with E-state index in [1.165, 1.54) is 0 Å². The van der Waals surface area contributed by atoms with Gasteiger partial charge >= 0.3 is 0 Å². The minimum absolute atomic E-state index is 0.130. The van der Waals surface area contributed by atoms with Crippen molar-refractivity contribution in [3.8, 4) is 0 Å². The monoisotopic (exact) mass is 263 g/mol. The Bertz CT molecular complexity index is 431. The lowest BCUT2D eigenvalue weighted by Crippen LogP contribution is -2.45. The Morgan fingerprint density at radius 2 is 2.11 bits per heavy atom. The number of pyridine rings is 1. The van der Waals surface area contributed by atoms with Crippen molar-refractivity contribution < 1.29 is 9.90 Å². The van der Waals surface area contributed by atoms with Crippen LogP contribution >= 0.6 is 0 Å². The zero-order valence-electron chi connectivity index (χ0n) is 11.5. The molecule has 0 bridgehead atoms. The van der Waals surface area contributed by atoms with E-state index in [1.807, 2.05) is 25.1 Å². The van der Waals surface area contributed by atoms with Gasteiger partial charge in [0.15, 0.2) is 0 Å². The summed E-state index contributed by atoms with van der Waals surface area (Å²) in [7, 11) is 3.81. The predicted molar refractivity (Wildman–Crippen MR) is 74.3 cm³/mol. The summed E-state index contributed by atoms with van der Waals surface area (Å²) in [5.74, 6) is 0.651. The van der Waals surface area contributed by atoms with Gasteiger partial charge in [-0.3, -0.25) is 4.79 Å². The minimum Gasteiger partial charge on any atom is -0.391 e. The van der Waals surface area contributed by atoms with Crippen LogP contribution in [0.15, 0.2) is 18.3 Å². The molecular weight excluding hydrogens is 242 g/mol. The van der Waals surface area contributed by atoms with Gasteiger partial charge in [0.05, 0.1) is 17.7 Å². The van der Waals surface area contributed by atoms with Gasteiger partial charge in [-0.2, -0.15) is 0 Å². The molecule has 1 aliphatic rings. The lowest BCUT2D eigenvalue weighted by atomic mass is 9.92. The van der Waals surface area contributed by atoms with Crippen LogP contribution in [0.3, 0.4) is 0 Å². The minimum atomic E-state index is -0.424. The van der Waals surface area contributed by atoms with E-state index in [9.17, 15) is 9.90 Å². The van der Waals surface area contributed by atoms with Crippen LogP contribution in [0.4, 0.5) is 5.82 Å². The van der Waals surface area contributed by atoms with Crippen molar-refractivity contribution in [3.63, 3.8) is 0 Å². The number of aromatic nitrogens is 1. The number of carbonyl (C=O) groups is 1. The summed E-state index contributed by atoms with van der Waals surface area (Å²) >= 11 is 0. The summed E-state index contributed by atoms with van der Waals surface area (Å²) in [5.41, 5.74) is 0.531. The van der Waals surface area contributed by atoms with Crippen LogP contribution in [0.5, 0.6) is 0 Å². The fraction of sp³-hybridized carbons (Fsp3) is 0.571. The topological polar surface area (TPSA) is 65.5 Å². The molecule has 1 aromatic rings. The SMILES string of the molecule is CN(C)c1ccc(C(=O)NC2CCCCC2O)cn1. The van der Waals surface area contributed by atoms with Crippen LogP contribution in [-0.2, 0) is 0 Å². The number of nitrogens with one attached hydrogen (secondary N) is 1. The number of aliphatic hydroxyl groups excluding tert-OH is 1. The molecule has 1 amide bonds. The normalized spacial score (nSPS) is 22.9. The first-order chi connectivity index (χ1) is 9.08. The first-order valence-electron chi connectivity index (χ1n) is 6.70. The Balaban J connectivity index is 1.99. The quantitative estimate of drug-likeness (QED) is 0.859. The van der Waals surface area contributed by atoms with Crippen LogP contribution in [0.2, 0.25) is 0 Å². The fourth-order valence-corrected chi connectivity index (χ4v) is 2.32. The molecule has 5 nitrogen and oxygen atoms in total. The Morgan fingerprint density at radius 3 is 2.68 bits per heavy atom. The average Bonchev–Trinajstić information content (AvgIpc) is 2.41. The number of hydrogen-bond acceptors (Lipinski definition) is 4. The Morgan fingerprint density at radius 1 is 1.37 bits per heavy atom. The fourth-order valence-electron chi connectivity index (χ4n) is 2.32. The zero-order chi connectivity index (χ0) is 13.8. The zero-order valence-corrected chi connectivity index (χ0v) is 11.5. The molecule has 1 heterocycles. The Kier molecular flexibility index (Phi) is 4.37. The van der Waals surface area contributed by atoms with Crippen LogP contribution in [-0.4, -0.2) is 42.2 Å². The Labute approximate surface area is 113 Å². The molecular formula is C14H21N3O2. The molecule has 1 fully saturated rings. The molecule has 19 heavy (non-hydrogen) atoms. The van der Waals surface area contributed by atoms with Gasteiger partial charge < -0.3 is 15.3 Å². The van der Waals surface area contributed by atoms with Crippen molar-refractivity contribution in [3.05, 3.63) is 23.9 Å². The van der Waals surface area contributed by atoms with E-state index >= 15 is 0 Å². The molecule has 5 heteroatoms. The maximum Gasteiger partial charge on any atom is 0.253 e. The highest BCUT2D eigenvalue weighted by atomic mass is 16.3. The van der Waals surface area contributed by atoms with Crippen molar-refractivity contribution in [2.75, 3.05) is 19.0 Å². The van der Waals surface area contributed by atoms with Crippen LogP contribution in [0.1, 0.15) is 36.0 Å². The summed E-state index contributed by atoms with van der Waals surface area (Å²) in [4.78, 5) is 18.2. The smallest absolute Gasteiger partial charge is 0.253 e. The van der Waals surface area contributed by atoms with Crippen molar-refractivity contribution in [1.29, 1.82) is 0 Å². The van der Waals surface area contributed by atoms with Gasteiger partial charge in [-0.15, -0.1) is 0 Å². The summed E-state index contributed by atoms with van der Waals surface area (Å²) in [6.45, 7) is 0. The molecule has 2 unspecified atom stereocenters. The molecule has 0 saturated heterocycles. The van der Waals surface area contributed by atoms with Crippen molar-refractivity contribution in [2.45, 2.75) is 37.8 Å². The number of anilines is 1. The predicted octanol–water partition coefficient (Wildman–Crippen LogP) is 1.18. The van der Waals surface area contributed by atoms with E-state index in [0.717, 1.165) is 31.5 Å². The molecule has 2 N–H and O–H groups in total. The van der Waals surface area contributed by atoms with Crippen molar-refractivity contribution >= 4 is 11.7 Å². The summed E-state index contributed by atoms with van der Waals surface area (Å²) in [6.07, 6.45) is 4.84. The highest BCUT2D eigenvalue weighted by Crippen LogP contribution is 2.18. The van der Waals surface area contributed by atoms with Crippen molar-refractivity contribution in [2.24, 2.45) is 0 Å². The molecule has 0 aliphatic heterocycles. The number of carbonyl (C=O) groups excluding carboxylic acids is 1. The van der Waals surface area contributed by atoms with Gasteiger partial charge in [-0.05, 0) is 25.0 Å². The standard InChI is InChI=1S/C14H21N3O2/c1-17(2)13-8-7-10(9-15-13)14(19)16-11-5-3-4-6-12(11)18/h7-9,11-12,18H,3-6H2,1-2H3,(H,16,19). The number of hydrogen-bond donors (Lipinski definition) is 2. The molecule has 2 rings (SSSR count).